The minimum Gasteiger partial charge on any atom is -0.392 e. The van der Waals surface area contributed by atoms with Gasteiger partial charge in [-0.2, -0.15) is 0 Å². The first kappa shape index (κ1) is 21.4. The molecule has 0 spiro atoms. The molecular weight excluding hydrogens is 348 g/mol. The van der Waals surface area contributed by atoms with Crippen LogP contribution in [0.3, 0.4) is 0 Å². The second-order valence-corrected chi connectivity index (χ2v) is 8.04. The molecule has 1 aliphatic heterocycles. The Kier molecular flexibility index (Phi) is 10.3. The Hall–Kier alpha value is -0.880. The summed E-state index contributed by atoms with van der Waals surface area (Å²) in [6.07, 6.45) is 8.01. The van der Waals surface area contributed by atoms with Crippen molar-refractivity contribution < 1.29 is 19.4 Å². The lowest BCUT2D eigenvalue weighted by atomic mass is 9.99. The topological polar surface area (TPSA) is 55.8 Å². The van der Waals surface area contributed by atoms with Crippen molar-refractivity contribution >= 4 is 16.9 Å². The second-order valence-electron chi connectivity index (χ2n) is 6.96. The van der Waals surface area contributed by atoms with Gasteiger partial charge in [-0.3, -0.25) is 4.79 Å². The summed E-state index contributed by atoms with van der Waals surface area (Å²) in [7, 11) is 0. The number of rotatable bonds is 12. The maximum absolute atomic E-state index is 12.3. The second kappa shape index (κ2) is 12.5. The quantitative estimate of drug-likeness (QED) is 0.417. The van der Waals surface area contributed by atoms with E-state index in [-0.39, 0.29) is 17.3 Å². The molecule has 146 valence electrons. The first-order valence-electron chi connectivity index (χ1n) is 9.85. The molecule has 0 bridgehead atoms. The van der Waals surface area contributed by atoms with Crippen molar-refractivity contribution in [2.24, 2.45) is 5.92 Å². The minimum absolute atomic E-state index is 0.0259. The summed E-state index contributed by atoms with van der Waals surface area (Å²) >= 11 is 1.22. The van der Waals surface area contributed by atoms with Gasteiger partial charge in [-0.05, 0) is 31.4 Å². The summed E-state index contributed by atoms with van der Waals surface area (Å²) in [5, 5.41) is 10.3. The first-order chi connectivity index (χ1) is 12.7. The largest absolute Gasteiger partial charge is 0.392 e. The van der Waals surface area contributed by atoms with Gasteiger partial charge < -0.3 is 14.6 Å². The van der Waals surface area contributed by atoms with Crippen LogP contribution in [-0.4, -0.2) is 35.8 Å². The van der Waals surface area contributed by atoms with Crippen LogP contribution in [0.2, 0.25) is 0 Å². The van der Waals surface area contributed by atoms with Gasteiger partial charge in [-0.25, -0.2) is 0 Å². The van der Waals surface area contributed by atoms with Gasteiger partial charge in [-0.15, -0.1) is 0 Å². The van der Waals surface area contributed by atoms with Crippen molar-refractivity contribution in [1.82, 2.24) is 0 Å². The summed E-state index contributed by atoms with van der Waals surface area (Å²) in [6.45, 7) is 3.30. The number of aliphatic hydroxyl groups excluding tert-OH is 1. The van der Waals surface area contributed by atoms with Gasteiger partial charge in [0.2, 0.25) is 0 Å². The number of hydrogen-bond acceptors (Lipinski definition) is 5. The van der Waals surface area contributed by atoms with Gasteiger partial charge in [-0.1, -0.05) is 69.0 Å². The summed E-state index contributed by atoms with van der Waals surface area (Å²) in [5.74, 6) is -0.327. The first-order valence-corrected chi connectivity index (χ1v) is 10.7. The van der Waals surface area contributed by atoms with E-state index in [1.54, 1.807) is 0 Å². The molecule has 1 aromatic rings. The van der Waals surface area contributed by atoms with Crippen molar-refractivity contribution in [1.29, 1.82) is 0 Å². The van der Waals surface area contributed by atoms with Crippen molar-refractivity contribution in [3.05, 3.63) is 30.3 Å². The van der Waals surface area contributed by atoms with Gasteiger partial charge in [0.1, 0.15) is 0 Å². The van der Waals surface area contributed by atoms with E-state index >= 15 is 0 Å². The van der Waals surface area contributed by atoms with Crippen LogP contribution < -0.4 is 0 Å². The zero-order chi connectivity index (χ0) is 18.6. The molecule has 2 atom stereocenters. The molecule has 1 N–H and O–H groups in total. The molecule has 1 aliphatic rings. The number of aliphatic hydroxyl groups is 1. The zero-order valence-corrected chi connectivity index (χ0v) is 16.6. The maximum atomic E-state index is 12.3. The van der Waals surface area contributed by atoms with E-state index in [1.807, 2.05) is 37.3 Å². The third-order valence-corrected chi connectivity index (χ3v) is 5.87. The summed E-state index contributed by atoms with van der Waals surface area (Å²) in [5.41, 5.74) is 0. The van der Waals surface area contributed by atoms with E-state index in [4.69, 9.17) is 9.47 Å². The smallest absolute Gasteiger partial charge is 0.199 e. The predicted octanol–water partition coefficient (Wildman–Crippen LogP) is 4.80. The highest BCUT2D eigenvalue weighted by atomic mass is 32.2. The number of benzene rings is 1. The molecule has 26 heavy (non-hydrogen) atoms. The fourth-order valence-corrected chi connectivity index (χ4v) is 3.92. The molecule has 0 amide bonds. The van der Waals surface area contributed by atoms with Gasteiger partial charge >= 0.3 is 0 Å². The van der Waals surface area contributed by atoms with E-state index in [0.717, 1.165) is 43.8 Å². The van der Waals surface area contributed by atoms with Gasteiger partial charge in [0, 0.05) is 4.90 Å². The van der Waals surface area contributed by atoms with Gasteiger partial charge in [0.05, 0.1) is 25.2 Å². The number of ether oxygens (including phenoxy) is 2. The van der Waals surface area contributed by atoms with Crippen LogP contribution in [0.25, 0.3) is 0 Å². The minimum atomic E-state index is -0.546. The van der Waals surface area contributed by atoms with E-state index < -0.39 is 6.10 Å². The van der Waals surface area contributed by atoms with Crippen LogP contribution >= 0.6 is 11.8 Å². The normalized spacial score (nSPS) is 17.3. The van der Waals surface area contributed by atoms with Gasteiger partial charge in [0.25, 0.3) is 0 Å². The monoisotopic (exact) mass is 380 g/mol. The van der Waals surface area contributed by atoms with E-state index in [0.29, 0.717) is 6.42 Å². The van der Waals surface area contributed by atoms with Crippen LogP contribution in [-0.2, 0) is 14.3 Å². The average molecular weight is 381 g/mol. The third-order valence-electron chi connectivity index (χ3n) is 4.79. The third kappa shape index (κ3) is 8.21. The molecule has 2 rings (SSSR count). The maximum Gasteiger partial charge on any atom is 0.199 e. The van der Waals surface area contributed by atoms with Crippen LogP contribution in [0.5, 0.6) is 0 Å². The fourth-order valence-electron chi connectivity index (χ4n) is 3.05. The number of unbranched alkanes of at least 4 members (excludes halogenated alkanes) is 5. The van der Waals surface area contributed by atoms with Crippen LogP contribution in [0.4, 0.5) is 0 Å². The Morgan fingerprint density at radius 3 is 2.38 bits per heavy atom. The summed E-state index contributed by atoms with van der Waals surface area (Å²) in [4.78, 5) is 13.2. The number of carbonyl (C=O) groups is 1. The molecule has 0 aromatic heterocycles. The molecule has 0 aliphatic carbocycles. The molecule has 1 saturated heterocycles. The molecule has 1 aromatic carbocycles. The highest BCUT2D eigenvalue weighted by Crippen LogP contribution is 2.25. The summed E-state index contributed by atoms with van der Waals surface area (Å²) in [6, 6.07) is 9.62. The SMILES string of the molecule is C[C@H](C(=O)Sc1ccccc1)[C@H](O)CCCCCCCCC1OCCO1. The fraction of sp³-hybridized carbons (Fsp3) is 0.667. The Bertz CT molecular complexity index is 502. The lowest BCUT2D eigenvalue weighted by molar-refractivity contribution is -0.117. The zero-order valence-electron chi connectivity index (χ0n) is 15.8. The van der Waals surface area contributed by atoms with Crippen LogP contribution in [0.15, 0.2) is 35.2 Å². The number of thioether (sulfide) groups is 1. The number of carbonyl (C=O) groups excluding carboxylic acids is 1. The van der Waals surface area contributed by atoms with Crippen molar-refractivity contribution in [3.63, 3.8) is 0 Å². The summed E-state index contributed by atoms with van der Waals surface area (Å²) < 4.78 is 10.8. The lowest BCUT2D eigenvalue weighted by Crippen LogP contribution is -2.23. The Balaban J connectivity index is 1.48. The Morgan fingerprint density at radius 1 is 1.08 bits per heavy atom. The highest BCUT2D eigenvalue weighted by molar-refractivity contribution is 8.13. The van der Waals surface area contributed by atoms with Crippen LogP contribution in [0, 0.1) is 5.92 Å². The molecule has 0 radical (unpaired) electrons. The molecule has 5 heteroatoms. The molecule has 4 nitrogen and oxygen atoms in total. The molecular formula is C21H32O4S. The van der Waals surface area contributed by atoms with Crippen molar-refractivity contribution in [2.75, 3.05) is 13.2 Å². The predicted molar refractivity (Wildman–Crippen MR) is 105 cm³/mol. The van der Waals surface area contributed by atoms with Crippen molar-refractivity contribution in [3.8, 4) is 0 Å². The number of hydrogen-bond donors (Lipinski definition) is 1. The Labute approximate surface area is 161 Å². The molecule has 0 unspecified atom stereocenters. The Morgan fingerprint density at radius 2 is 1.69 bits per heavy atom. The molecule has 1 heterocycles. The standard InChI is InChI=1S/C21H32O4S/c1-17(21(23)26-18-11-7-6-8-12-18)19(22)13-9-4-2-3-5-10-14-20-24-15-16-25-20/h6-8,11-12,17,19-20,22H,2-5,9-10,13-16H2,1H3/t17-,19+/m0/s1. The molecule has 1 fully saturated rings. The van der Waals surface area contributed by atoms with Crippen LogP contribution in [0.1, 0.15) is 58.3 Å². The van der Waals surface area contributed by atoms with E-state index in [1.165, 1.54) is 31.0 Å². The lowest BCUT2D eigenvalue weighted by Gasteiger charge is -2.17. The van der Waals surface area contributed by atoms with E-state index in [9.17, 15) is 9.90 Å². The average Bonchev–Trinajstić information content (AvgIpc) is 3.17. The molecule has 0 saturated carbocycles. The highest BCUT2D eigenvalue weighted by Gasteiger charge is 2.22. The van der Waals surface area contributed by atoms with Gasteiger partial charge in [0.15, 0.2) is 11.4 Å². The van der Waals surface area contributed by atoms with E-state index in [2.05, 4.69) is 0 Å². The van der Waals surface area contributed by atoms with Crippen molar-refractivity contribution in [2.45, 2.75) is 75.6 Å².